The van der Waals surface area contributed by atoms with Crippen LogP contribution >= 0.6 is 24.2 Å². The van der Waals surface area contributed by atoms with Gasteiger partial charge in [0, 0.05) is 4.90 Å². The van der Waals surface area contributed by atoms with Gasteiger partial charge in [0.05, 0.1) is 11.4 Å². The Labute approximate surface area is 80.6 Å². The molecule has 0 bridgehead atoms. The monoisotopic (exact) mass is 202 g/mol. The molecule has 1 aromatic rings. The van der Waals surface area contributed by atoms with Gasteiger partial charge in [0.1, 0.15) is 0 Å². The van der Waals surface area contributed by atoms with E-state index >= 15 is 0 Å². The first-order valence-electron chi connectivity index (χ1n) is 3.29. The second-order valence-electron chi connectivity index (χ2n) is 2.36. The first kappa shape index (κ1) is 9.42. The van der Waals surface area contributed by atoms with Gasteiger partial charge in [0.15, 0.2) is 0 Å². The zero-order valence-corrected chi connectivity index (χ0v) is 7.77. The van der Waals surface area contributed by atoms with Gasteiger partial charge in [0.25, 0.3) is 0 Å². The van der Waals surface area contributed by atoms with Crippen LogP contribution in [0.2, 0.25) is 5.02 Å². The van der Waals surface area contributed by atoms with E-state index in [1.165, 1.54) is 0 Å². The molecule has 4 heteroatoms. The van der Waals surface area contributed by atoms with Crippen LogP contribution < -0.4 is 0 Å². The number of hydrogen-bond donors (Lipinski definition) is 2. The Morgan fingerprint density at radius 2 is 2.25 bits per heavy atom. The molecule has 1 aromatic carbocycles. The molecule has 0 aliphatic rings. The van der Waals surface area contributed by atoms with Crippen LogP contribution in [0.3, 0.4) is 0 Å². The highest BCUT2D eigenvalue weighted by molar-refractivity contribution is 7.80. The van der Waals surface area contributed by atoms with Crippen molar-refractivity contribution >= 4 is 30.2 Å². The Bertz CT molecular complexity index is 312. The van der Waals surface area contributed by atoms with Gasteiger partial charge in [-0.1, -0.05) is 17.7 Å². The number of thiol groups is 1. The maximum atomic E-state index is 10.3. The fourth-order valence-corrected chi connectivity index (χ4v) is 1.20. The van der Waals surface area contributed by atoms with Gasteiger partial charge >= 0.3 is 5.97 Å². The fourth-order valence-electron chi connectivity index (χ4n) is 0.843. The minimum atomic E-state index is -0.856. The van der Waals surface area contributed by atoms with Crippen molar-refractivity contribution in [2.45, 2.75) is 11.3 Å². The number of benzene rings is 1. The summed E-state index contributed by atoms with van der Waals surface area (Å²) in [5.41, 5.74) is 0.705. The molecule has 0 aromatic heterocycles. The first-order valence-corrected chi connectivity index (χ1v) is 4.11. The second-order valence-corrected chi connectivity index (χ2v) is 3.25. The Kier molecular flexibility index (Phi) is 3.00. The lowest BCUT2D eigenvalue weighted by Crippen LogP contribution is -1.99. The zero-order chi connectivity index (χ0) is 9.14. The van der Waals surface area contributed by atoms with E-state index < -0.39 is 5.97 Å². The summed E-state index contributed by atoms with van der Waals surface area (Å²) in [5.74, 6) is -0.856. The van der Waals surface area contributed by atoms with E-state index in [2.05, 4.69) is 12.6 Å². The normalized spacial score (nSPS) is 9.83. The fraction of sp³-hybridized carbons (Fsp3) is 0.125. The predicted molar refractivity (Wildman–Crippen MR) is 50.0 cm³/mol. The first-order chi connectivity index (χ1) is 5.59. The average molecular weight is 203 g/mol. The average Bonchev–Trinajstić information content (AvgIpc) is 1.96. The maximum absolute atomic E-state index is 10.3. The predicted octanol–water partition coefficient (Wildman–Crippen LogP) is 2.26. The number of aliphatic carboxylic acids is 1. The van der Waals surface area contributed by atoms with Crippen molar-refractivity contribution in [1.82, 2.24) is 0 Å². The lowest BCUT2D eigenvalue weighted by atomic mass is 10.1. The molecule has 0 saturated carbocycles. The van der Waals surface area contributed by atoms with Crippen LogP contribution in [-0.2, 0) is 11.2 Å². The number of halogens is 1. The highest BCUT2D eigenvalue weighted by Crippen LogP contribution is 2.20. The summed E-state index contributed by atoms with van der Waals surface area (Å²) >= 11 is 9.76. The summed E-state index contributed by atoms with van der Waals surface area (Å²) in [6, 6.07) is 4.97. The standard InChI is InChI=1S/C8H7ClO2S/c9-6-2-1-5(3-7(6)12)4-8(10)11/h1-3,12H,4H2,(H,10,11). The highest BCUT2D eigenvalue weighted by atomic mass is 35.5. The van der Waals surface area contributed by atoms with Gasteiger partial charge in [0.2, 0.25) is 0 Å². The van der Waals surface area contributed by atoms with E-state index in [0.29, 0.717) is 15.5 Å². The molecular formula is C8H7ClO2S. The Morgan fingerprint density at radius 1 is 1.58 bits per heavy atom. The molecule has 0 spiro atoms. The van der Waals surface area contributed by atoms with Crippen LogP contribution in [-0.4, -0.2) is 11.1 Å². The summed E-state index contributed by atoms with van der Waals surface area (Å²) in [7, 11) is 0. The summed E-state index contributed by atoms with van der Waals surface area (Å²) in [6.07, 6.45) is 0.00469. The third kappa shape index (κ3) is 2.43. The van der Waals surface area contributed by atoms with Gasteiger partial charge in [-0.05, 0) is 17.7 Å². The minimum Gasteiger partial charge on any atom is -0.481 e. The van der Waals surface area contributed by atoms with E-state index in [1.807, 2.05) is 0 Å². The Morgan fingerprint density at radius 3 is 2.75 bits per heavy atom. The maximum Gasteiger partial charge on any atom is 0.307 e. The lowest BCUT2D eigenvalue weighted by Gasteiger charge is -1.99. The van der Waals surface area contributed by atoms with E-state index in [9.17, 15) is 4.79 Å². The molecule has 0 saturated heterocycles. The molecule has 0 heterocycles. The molecule has 2 nitrogen and oxygen atoms in total. The van der Waals surface area contributed by atoms with Gasteiger partial charge in [-0.3, -0.25) is 4.79 Å². The molecule has 0 radical (unpaired) electrons. The van der Waals surface area contributed by atoms with Gasteiger partial charge < -0.3 is 5.11 Å². The second kappa shape index (κ2) is 3.83. The van der Waals surface area contributed by atoms with Crippen LogP contribution in [0.1, 0.15) is 5.56 Å². The summed E-state index contributed by atoms with van der Waals surface area (Å²) in [6.45, 7) is 0. The molecule has 0 unspecified atom stereocenters. The van der Waals surface area contributed by atoms with E-state index in [4.69, 9.17) is 16.7 Å². The van der Waals surface area contributed by atoms with Crippen molar-refractivity contribution in [2.24, 2.45) is 0 Å². The molecule has 0 fully saturated rings. The molecule has 0 amide bonds. The largest absolute Gasteiger partial charge is 0.481 e. The third-order valence-electron chi connectivity index (χ3n) is 1.37. The Hall–Kier alpha value is -0.670. The molecular weight excluding hydrogens is 196 g/mol. The van der Waals surface area contributed by atoms with Crippen molar-refractivity contribution in [3.63, 3.8) is 0 Å². The lowest BCUT2D eigenvalue weighted by molar-refractivity contribution is -0.136. The van der Waals surface area contributed by atoms with Gasteiger partial charge in [-0.25, -0.2) is 0 Å². The van der Waals surface area contributed by atoms with Crippen LogP contribution in [0.5, 0.6) is 0 Å². The molecule has 0 aliphatic heterocycles. The van der Waals surface area contributed by atoms with E-state index in [1.54, 1.807) is 18.2 Å². The van der Waals surface area contributed by atoms with Crippen molar-refractivity contribution in [2.75, 3.05) is 0 Å². The SMILES string of the molecule is O=C(O)Cc1ccc(Cl)c(S)c1. The summed E-state index contributed by atoms with van der Waals surface area (Å²) < 4.78 is 0. The van der Waals surface area contributed by atoms with Crippen LogP contribution in [0.15, 0.2) is 23.1 Å². The number of carbonyl (C=O) groups is 1. The van der Waals surface area contributed by atoms with Gasteiger partial charge in [-0.15, -0.1) is 12.6 Å². The Balaban J connectivity index is 2.89. The van der Waals surface area contributed by atoms with E-state index in [-0.39, 0.29) is 6.42 Å². The summed E-state index contributed by atoms with van der Waals surface area (Å²) in [5, 5.41) is 9.00. The van der Waals surface area contributed by atoms with Crippen molar-refractivity contribution in [3.05, 3.63) is 28.8 Å². The van der Waals surface area contributed by atoms with Crippen LogP contribution in [0.4, 0.5) is 0 Å². The molecule has 0 aliphatic carbocycles. The third-order valence-corrected chi connectivity index (χ3v) is 2.20. The summed E-state index contributed by atoms with van der Waals surface area (Å²) in [4.78, 5) is 10.9. The molecule has 1 rings (SSSR count). The smallest absolute Gasteiger partial charge is 0.307 e. The minimum absolute atomic E-state index is 0.00469. The number of hydrogen-bond acceptors (Lipinski definition) is 2. The van der Waals surface area contributed by atoms with Gasteiger partial charge in [-0.2, -0.15) is 0 Å². The molecule has 64 valence electrons. The highest BCUT2D eigenvalue weighted by Gasteiger charge is 2.02. The van der Waals surface area contributed by atoms with Crippen molar-refractivity contribution in [3.8, 4) is 0 Å². The van der Waals surface area contributed by atoms with Crippen molar-refractivity contribution in [1.29, 1.82) is 0 Å². The van der Waals surface area contributed by atoms with Crippen LogP contribution in [0, 0.1) is 0 Å². The van der Waals surface area contributed by atoms with Crippen LogP contribution in [0.25, 0.3) is 0 Å². The molecule has 1 N–H and O–H groups in total. The van der Waals surface area contributed by atoms with E-state index in [0.717, 1.165) is 0 Å². The molecule has 0 atom stereocenters. The topological polar surface area (TPSA) is 37.3 Å². The number of rotatable bonds is 2. The molecule has 12 heavy (non-hydrogen) atoms. The quantitative estimate of drug-likeness (QED) is 0.722. The zero-order valence-electron chi connectivity index (χ0n) is 6.12. The van der Waals surface area contributed by atoms with Crippen molar-refractivity contribution < 1.29 is 9.90 Å². The number of carboxylic acid groups (broad SMARTS) is 1. The number of carboxylic acids is 1.